The average molecular weight is 372 g/mol. The second-order valence-corrected chi connectivity index (χ2v) is 8.18. The Morgan fingerprint density at radius 1 is 1.07 bits per heavy atom. The summed E-state index contributed by atoms with van der Waals surface area (Å²) >= 11 is 0. The summed E-state index contributed by atoms with van der Waals surface area (Å²) in [4.78, 5) is 13.6. The van der Waals surface area contributed by atoms with Gasteiger partial charge in [0.05, 0.1) is 0 Å². The summed E-state index contributed by atoms with van der Waals surface area (Å²) in [5.41, 5.74) is 6.54. The molecule has 0 radical (unpaired) electrons. The largest absolute Gasteiger partial charge is 0.477 e. The molecule has 0 amide bonds. The normalized spacial score (nSPS) is 17.6. The lowest BCUT2D eigenvalue weighted by Crippen LogP contribution is -2.29. The summed E-state index contributed by atoms with van der Waals surface area (Å²) in [5.74, 6) is -1.20. The van der Waals surface area contributed by atoms with Crippen LogP contribution in [0.25, 0.3) is 17.2 Å². The van der Waals surface area contributed by atoms with E-state index in [1.807, 2.05) is 18.2 Å². The van der Waals surface area contributed by atoms with Gasteiger partial charge >= 0.3 is 5.97 Å². The first-order valence-corrected chi connectivity index (χ1v) is 9.81. The van der Waals surface area contributed by atoms with E-state index in [2.05, 4.69) is 36.9 Å². The first kappa shape index (κ1) is 18.3. The van der Waals surface area contributed by atoms with Crippen LogP contribution in [0.15, 0.2) is 42.0 Å². The van der Waals surface area contributed by atoms with Crippen molar-refractivity contribution >= 4 is 17.7 Å². The molecule has 28 heavy (non-hydrogen) atoms. The van der Waals surface area contributed by atoms with Crippen LogP contribution in [0.2, 0.25) is 0 Å². The van der Waals surface area contributed by atoms with E-state index in [0.29, 0.717) is 0 Å². The predicted octanol–water partition coefficient (Wildman–Crippen LogP) is 4.97. The molecule has 0 bridgehead atoms. The van der Waals surface area contributed by atoms with E-state index >= 15 is 0 Å². The van der Waals surface area contributed by atoms with E-state index in [0.717, 1.165) is 18.7 Å². The van der Waals surface area contributed by atoms with Crippen LogP contribution in [0.1, 0.15) is 49.8 Å². The fraction of sp³-hybridized carbons (Fsp3) is 0.333. The van der Waals surface area contributed by atoms with Crippen molar-refractivity contribution in [2.75, 3.05) is 18.0 Å². The minimum Gasteiger partial charge on any atom is -0.477 e. The van der Waals surface area contributed by atoms with E-state index in [-0.39, 0.29) is 11.0 Å². The third kappa shape index (κ3) is 2.97. The number of carboxylic acids is 1. The average Bonchev–Trinajstić information content (AvgIpc) is 2.93. The van der Waals surface area contributed by atoms with E-state index in [1.54, 1.807) is 6.07 Å². The van der Waals surface area contributed by atoms with Crippen LogP contribution >= 0.6 is 0 Å². The molecular weight excluding hydrogens is 348 g/mol. The Labute approximate surface area is 165 Å². The number of rotatable bonds is 3. The van der Waals surface area contributed by atoms with E-state index in [9.17, 15) is 4.79 Å². The van der Waals surface area contributed by atoms with Gasteiger partial charge < -0.3 is 10.0 Å². The number of nitrogens with zero attached hydrogens (tertiary/aromatic N) is 2. The molecule has 2 aromatic carbocycles. The molecule has 0 unspecified atom stereocenters. The summed E-state index contributed by atoms with van der Waals surface area (Å²) in [7, 11) is 0. The highest BCUT2D eigenvalue weighted by Gasteiger charge is 2.36. The smallest absolute Gasteiger partial charge is 0.346 e. The Kier molecular flexibility index (Phi) is 4.47. The van der Waals surface area contributed by atoms with Gasteiger partial charge in [0.25, 0.3) is 0 Å². The third-order valence-electron chi connectivity index (χ3n) is 6.07. The SMILES string of the molecule is CC1(C)c2cc(/C=C(/C#N)C(=O)O)ccc2-c2ccc(N3CCCCC3)cc21. The van der Waals surface area contributed by atoms with Crippen LogP contribution in [-0.2, 0) is 10.2 Å². The van der Waals surface area contributed by atoms with Crippen molar-refractivity contribution < 1.29 is 9.90 Å². The van der Waals surface area contributed by atoms with Crippen LogP contribution < -0.4 is 4.90 Å². The number of anilines is 1. The lowest BCUT2D eigenvalue weighted by atomic mass is 9.81. The molecule has 0 spiro atoms. The first-order chi connectivity index (χ1) is 13.4. The van der Waals surface area contributed by atoms with Crippen LogP contribution in [0.3, 0.4) is 0 Å². The zero-order valence-electron chi connectivity index (χ0n) is 16.3. The molecule has 2 aromatic rings. The predicted molar refractivity (Wildman–Crippen MR) is 111 cm³/mol. The second kappa shape index (κ2) is 6.83. The Bertz CT molecular complexity index is 1020. The van der Waals surface area contributed by atoms with Gasteiger partial charge in [-0.2, -0.15) is 5.26 Å². The number of aliphatic carboxylic acids is 1. The van der Waals surface area contributed by atoms with Crippen molar-refractivity contribution in [2.45, 2.75) is 38.5 Å². The zero-order valence-corrected chi connectivity index (χ0v) is 16.3. The quantitative estimate of drug-likeness (QED) is 0.610. The molecule has 1 heterocycles. The monoisotopic (exact) mass is 372 g/mol. The maximum absolute atomic E-state index is 11.2. The van der Waals surface area contributed by atoms with E-state index in [1.165, 1.54) is 53.3 Å². The van der Waals surface area contributed by atoms with Gasteiger partial charge in [0.1, 0.15) is 11.6 Å². The van der Waals surface area contributed by atoms with Crippen LogP contribution in [0.5, 0.6) is 0 Å². The van der Waals surface area contributed by atoms with Gasteiger partial charge in [-0.25, -0.2) is 4.79 Å². The molecule has 1 aliphatic carbocycles. The maximum atomic E-state index is 11.2. The number of piperidine rings is 1. The number of benzene rings is 2. The van der Waals surface area contributed by atoms with Crippen molar-refractivity contribution in [3.05, 3.63) is 58.7 Å². The summed E-state index contributed by atoms with van der Waals surface area (Å²) in [6.45, 7) is 6.67. The first-order valence-electron chi connectivity index (χ1n) is 9.81. The van der Waals surface area contributed by atoms with Crippen molar-refractivity contribution in [1.82, 2.24) is 0 Å². The number of hydrogen-bond donors (Lipinski definition) is 1. The highest BCUT2D eigenvalue weighted by Crippen LogP contribution is 2.50. The van der Waals surface area contributed by atoms with Crippen LogP contribution in [-0.4, -0.2) is 24.2 Å². The Morgan fingerprint density at radius 3 is 2.36 bits per heavy atom. The minimum atomic E-state index is -1.20. The molecule has 4 rings (SSSR count). The number of carbonyl (C=O) groups is 1. The number of hydrogen-bond acceptors (Lipinski definition) is 3. The molecule has 2 aliphatic rings. The lowest BCUT2D eigenvalue weighted by Gasteiger charge is -2.30. The lowest BCUT2D eigenvalue weighted by molar-refractivity contribution is -0.132. The molecule has 1 fully saturated rings. The Hall–Kier alpha value is -3.06. The summed E-state index contributed by atoms with van der Waals surface area (Å²) < 4.78 is 0. The van der Waals surface area contributed by atoms with E-state index in [4.69, 9.17) is 10.4 Å². The van der Waals surface area contributed by atoms with Gasteiger partial charge in [0.2, 0.25) is 0 Å². The van der Waals surface area contributed by atoms with Gasteiger partial charge in [0.15, 0.2) is 0 Å². The van der Waals surface area contributed by atoms with Gasteiger partial charge in [-0.05, 0) is 65.3 Å². The van der Waals surface area contributed by atoms with Crippen molar-refractivity contribution in [3.63, 3.8) is 0 Å². The summed E-state index contributed by atoms with van der Waals surface area (Å²) in [6, 6.07) is 14.5. The summed E-state index contributed by atoms with van der Waals surface area (Å²) in [5, 5.41) is 18.2. The fourth-order valence-electron chi connectivity index (χ4n) is 4.49. The topological polar surface area (TPSA) is 64.3 Å². The number of carboxylic acid groups (broad SMARTS) is 1. The highest BCUT2D eigenvalue weighted by atomic mass is 16.4. The second-order valence-electron chi connectivity index (χ2n) is 8.18. The van der Waals surface area contributed by atoms with E-state index < -0.39 is 5.97 Å². The molecule has 0 aromatic heterocycles. The van der Waals surface area contributed by atoms with Gasteiger partial charge in [-0.15, -0.1) is 0 Å². The molecule has 1 saturated heterocycles. The van der Waals surface area contributed by atoms with Crippen molar-refractivity contribution in [2.24, 2.45) is 0 Å². The molecular formula is C24H24N2O2. The Morgan fingerprint density at radius 2 is 1.71 bits per heavy atom. The molecule has 0 atom stereocenters. The third-order valence-corrected chi connectivity index (χ3v) is 6.07. The molecule has 142 valence electrons. The standard InChI is InChI=1S/C24H24N2O2/c1-24(2)21-13-16(12-17(15-25)23(27)28)6-8-19(21)20-9-7-18(14-22(20)24)26-10-4-3-5-11-26/h6-9,12-14H,3-5,10-11H2,1-2H3,(H,27,28)/b17-12-. The molecule has 0 saturated carbocycles. The maximum Gasteiger partial charge on any atom is 0.346 e. The highest BCUT2D eigenvalue weighted by molar-refractivity contribution is 5.96. The number of nitriles is 1. The summed E-state index contributed by atoms with van der Waals surface area (Å²) in [6.07, 6.45) is 5.26. The zero-order chi connectivity index (χ0) is 19.9. The van der Waals surface area contributed by atoms with Gasteiger partial charge in [0, 0.05) is 24.2 Å². The van der Waals surface area contributed by atoms with Crippen LogP contribution in [0.4, 0.5) is 5.69 Å². The minimum absolute atomic E-state index is 0.170. The van der Waals surface area contributed by atoms with Crippen LogP contribution in [0, 0.1) is 11.3 Å². The molecule has 1 aliphatic heterocycles. The van der Waals surface area contributed by atoms with Gasteiger partial charge in [-0.3, -0.25) is 0 Å². The fourth-order valence-corrected chi connectivity index (χ4v) is 4.49. The molecule has 4 nitrogen and oxygen atoms in total. The molecule has 4 heteroatoms. The van der Waals surface area contributed by atoms with Crippen molar-refractivity contribution in [1.29, 1.82) is 5.26 Å². The van der Waals surface area contributed by atoms with Crippen molar-refractivity contribution in [3.8, 4) is 17.2 Å². The van der Waals surface area contributed by atoms with Gasteiger partial charge in [-0.1, -0.05) is 38.1 Å². The Balaban J connectivity index is 1.76. The number of fused-ring (bicyclic) bond motifs is 3. The molecule has 1 N–H and O–H groups in total.